The lowest BCUT2D eigenvalue weighted by Gasteiger charge is -2.18. The number of guanidine groups is 1. The molecule has 1 aromatic heterocycles. The molecule has 1 aliphatic heterocycles. The number of aliphatic imine (C=N–C) groups is 1. The molecule has 0 radical (unpaired) electrons. The van der Waals surface area contributed by atoms with E-state index in [0.717, 1.165) is 48.3 Å². The summed E-state index contributed by atoms with van der Waals surface area (Å²) in [6.07, 6.45) is 2.20. The predicted molar refractivity (Wildman–Crippen MR) is 113 cm³/mol. The Hall–Kier alpha value is -1.84. The third kappa shape index (κ3) is 5.09. The monoisotopic (exact) mass is 470 g/mol. The van der Waals surface area contributed by atoms with E-state index in [1.54, 1.807) is 7.05 Å². The minimum absolute atomic E-state index is 0. The molecular weight excluding hydrogens is 443 g/mol. The fourth-order valence-corrected chi connectivity index (χ4v) is 2.91. The largest absolute Gasteiger partial charge is 0.489 e. The summed E-state index contributed by atoms with van der Waals surface area (Å²) in [5.74, 6) is 3.69. The number of aromatic nitrogens is 3. The van der Waals surface area contributed by atoms with E-state index in [1.807, 2.05) is 38.1 Å². The van der Waals surface area contributed by atoms with Gasteiger partial charge in [-0.1, -0.05) is 18.2 Å². The molecule has 1 aliphatic rings. The van der Waals surface area contributed by atoms with Crippen LogP contribution in [0.4, 0.5) is 0 Å². The average Bonchev–Trinajstić information content (AvgIpc) is 3.21. The van der Waals surface area contributed by atoms with Crippen LogP contribution in [0.5, 0.6) is 5.75 Å². The highest BCUT2D eigenvalue weighted by Gasteiger charge is 2.17. The van der Waals surface area contributed by atoms with Crippen molar-refractivity contribution in [3.63, 3.8) is 0 Å². The molecule has 26 heavy (non-hydrogen) atoms. The maximum Gasteiger partial charge on any atom is 0.191 e. The lowest BCUT2D eigenvalue weighted by atomic mass is 10.2. The molecule has 0 fully saturated rings. The quantitative estimate of drug-likeness (QED) is 0.385. The van der Waals surface area contributed by atoms with Gasteiger partial charge in [0.05, 0.1) is 13.1 Å². The molecule has 0 saturated heterocycles. The summed E-state index contributed by atoms with van der Waals surface area (Å²) >= 11 is 0. The Kier molecular flexibility index (Phi) is 7.67. The molecule has 1 aromatic carbocycles. The standard InChI is InChI=1S/C18H26N6O.HI/c1-13-7-4-5-8-15(13)25-14(2)11-20-18(19-3)21-12-17-23-22-16-9-6-10-24(16)17;/h4-5,7-8,14H,6,9-12H2,1-3H3,(H2,19,20,21);1H. The smallest absolute Gasteiger partial charge is 0.191 e. The van der Waals surface area contributed by atoms with Crippen LogP contribution < -0.4 is 15.4 Å². The van der Waals surface area contributed by atoms with E-state index in [4.69, 9.17) is 4.74 Å². The summed E-state index contributed by atoms with van der Waals surface area (Å²) in [7, 11) is 1.76. The summed E-state index contributed by atoms with van der Waals surface area (Å²) in [6, 6.07) is 8.04. The van der Waals surface area contributed by atoms with Crippen molar-refractivity contribution in [3.05, 3.63) is 41.5 Å². The SMILES string of the molecule is CN=C(NCc1nnc2n1CCC2)NCC(C)Oc1ccccc1C.I. The maximum absolute atomic E-state index is 5.98. The molecular formula is C18H27IN6O. The molecule has 0 saturated carbocycles. The molecule has 7 nitrogen and oxygen atoms in total. The van der Waals surface area contributed by atoms with E-state index in [1.165, 1.54) is 0 Å². The predicted octanol–water partition coefficient (Wildman–Crippen LogP) is 2.28. The third-order valence-corrected chi connectivity index (χ3v) is 4.30. The van der Waals surface area contributed by atoms with Gasteiger partial charge in [-0.2, -0.15) is 0 Å². The first-order valence-electron chi connectivity index (χ1n) is 8.75. The van der Waals surface area contributed by atoms with Crippen LogP contribution in [0, 0.1) is 6.92 Å². The van der Waals surface area contributed by atoms with Crippen LogP contribution in [0.3, 0.4) is 0 Å². The lowest BCUT2D eigenvalue weighted by molar-refractivity contribution is 0.222. The number of benzene rings is 1. The van der Waals surface area contributed by atoms with Crippen LogP contribution in [0.25, 0.3) is 0 Å². The van der Waals surface area contributed by atoms with Gasteiger partial charge in [0.2, 0.25) is 0 Å². The van der Waals surface area contributed by atoms with Gasteiger partial charge in [0.25, 0.3) is 0 Å². The third-order valence-electron chi connectivity index (χ3n) is 4.30. The van der Waals surface area contributed by atoms with Crippen LogP contribution in [-0.2, 0) is 19.5 Å². The number of ether oxygens (including phenoxy) is 1. The van der Waals surface area contributed by atoms with Crippen LogP contribution in [-0.4, -0.2) is 40.4 Å². The number of hydrogen-bond acceptors (Lipinski definition) is 4. The molecule has 2 heterocycles. The number of aryl methyl sites for hydroxylation is 2. The number of fused-ring (bicyclic) bond motifs is 1. The van der Waals surface area contributed by atoms with Crippen molar-refractivity contribution in [3.8, 4) is 5.75 Å². The molecule has 0 bridgehead atoms. The van der Waals surface area contributed by atoms with Gasteiger partial charge in [-0.3, -0.25) is 4.99 Å². The zero-order valence-electron chi connectivity index (χ0n) is 15.5. The summed E-state index contributed by atoms with van der Waals surface area (Å²) in [4.78, 5) is 4.26. The number of nitrogens with one attached hydrogen (secondary N) is 2. The second-order valence-electron chi connectivity index (χ2n) is 6.29. The molecule has 1 atom stereocenters. The lowest BCUT2D eigenvalue weighted by Crippen LogP contribution is -2.41. The minimum Gasteiger partial charge on any atom is -0.489 e. The highest BCUT2D eigenvalue weighted by molar-refractivity contribution is 14.0. The fourth-order valence-electron chi connectivity index (χ4n) is 2.91. The Morgan fingerprint density at radius 2 is 2.12 bits per heavy atom. The summed E-state index contributed by atoms with van der Waals surface area (Å²) in [5.41, 5.74) is 1.14. The normalized spacial score (nSPS) is 14.3. The second kappa shape index (κ2) is 9.75. The molecule has 8 heteroatoms. The number of hydrogen-bond donors (Lipinski definition) is 2. The molecule has 142 valence electrons. The highest BCUT2D eigenvalue weighted by atomic mass is 127. The van der Waals surface area contributed by atoms with Gasteiger partial charge in [-0.15, -0.1) is 34.2 Å². The van der Waals surface area contributed by atoms with Crippen molar-refractivity contribution in [1.82, 2.24) is 25.4 Å². The van der Waals surface area contributed by atoms with E-state index >= 15 is 0 Å². The Balaban J connectivity index is 0.00000243. The summed E-state index contributed by atoms with van der Waals surface area (Å²) in [5, 5.41) is 15.1. The van der Waals surface area contributed by atoms with E-state index in [-0.39, 0.29) is 30.1 Å². The van der Waals surface area contributed by atoms with Gasteiger partial charge in [-0.05, 0) is 31.9 Å². The summed E-state index contributed by atoms with van der Waals surface area (Å²) in [6.45, 7) is 6.36. The first kappa shape index (κ1) is 20.5. The van der Waals surface area contributed by atoms with E-state index in [2.05, 4.69) is 30.4 Å². The van der Waals surface area contributed by atoms with Crippen molar-refractivity contribution in [2.45, 2.75) is 45.9 Å². The first-order chi connectivity index (χ1) is 12.2. The highest BCUT2D eigenvalue weighted by Crippen LogP contribution is 2.17. The zero-order valence-corrected chi connectivity index (χ0v) is 17.9. The minimum atomic E-state index is 0. The van der Waals surface area contributed by atoms with Gasteiger partial charge < -0.3 is 19.9 Å². The Morgan fingerprint density at radius 3 is 2.88 bits per heavy atom. The van der Waals surface area contributed by atoms with Crippen molar-refractivity contribution < 1.29 is 4.74 Å². The van der Waals surface area contributed by atoms with Crippen molar-refractivity contribution >= 4 is 29.9 Å². The molecule has 2 aromatic rings. The maximum atomic E-state index is 5.98. The van der Waals surface area contributed by atoms with Crippen LogP contribution in [0.1, 0.15) is 30.6 Å². The summed E-state index contributed by atoms with van der Waals surface area (Å²) < 4.78 is 8.16. The van der Waals surface area contributed by atoms with Crippen LogP contribution >= 0.6 is 24.0 Å². The topological polar surface area (TPSA) is 76.4 Å². The zero-order chi connectivity index (χ0) is 17.6. The molecule has 0 aliphatic carbocycles. The Labute approximate surface area is 171 Å². The van der Waals surface area contributed by atoms with Gasteiger partial charge in [0.1, 0.15) is 17.7 Å². The Bertz CT molecular complexity index is 745. The van der Waals surface area contributed by atoms with Gasteiger partial charge in [0, 0.05) is 20.0 Å². The second-order valence-corrected chi connectivity index (χ2v) is 6.29. The first-order valence-corrected chi connectivity index (χ1v) is 8.75. The molecule has 0 amide bonds. The van der Waals surface area contributed by atoms with Crippen LogP contribution in [0.15, 0.2) is 29.3 Å². The van der Waals surface area contributed by atoms with E-state index < -0.39 is 0 Å². The number of para-hydroxylation sites is 1. The van der Waals surface area contributed by atoms with Crippen molar-refractivity contribution in [2.75, 3.05) is 13.6 Å². The molecule has 1 unspecified atom stereocenters. The van der Waals surface area contributed by atoms with Gasteiger partial charge in [0.15, 0.2) is 11.8 Å². The van der Waals surface area contributed by atoms with E-state index in [0.29, 0.717) is 13.1 Å². The molecule has 2 N–H and O–H groups in total. The van der Waals surface area contributed by atoms with E-state index in [9.17, 15) is 0 Å². The van der Waals surface area contributed by atoms with Gasteiger partial charge in [-0.25, -0.2) is 0 Å². The molecule has 0 spiro atoms. The molecule has 3 rings (SSSR count). The number of nitrogens with zero attached hydrogens (tertiary/aromatic N) is 4. The average molecular weight is 470 g/mol. The Morgan fingerprint density at radius 1 is 1.31 bits per heavy atom. The van der Waals surface area contributed by atoms with Crippen molar-refractivity contribution in [1.29, 1.82) is 0 Å². The van der Waals surface area contributed by atoms with Crippen LogP contribution in [0.2, 0.25) is 0 Å². The van der Waals surface area contributed by atoms with Gasteiger partial charge >= 0.3 is 0 Å². The fraction of sp³-hybridized carbons (Fsp3) is 0.500. The van der Waals surface area contributed by atoms with Crippen molar-refractivity contribution in [2.24, 2.45) is 4.99 Å². The number of halogens is 1. The number of rotatable bonds is 6.